The molecule has 0 N–H and O–H groups in total. The van der Waals surface area contributed by atoms with Crippen molar-refractivity contribution in [3.63, 3.8) is 0 Å². The lowest BCUT2D eigenvalue weighted by Crippen LogP contribution is -2.00. The lowest BCUT2D eigenvalue weighted by Gasteiger charge is -2.10. The van der Waals surface area contributed by atoms with Crippen molar-refractivity contribution < 1.29 is 8.83 Å². The van der Waals surface area contributed by atoms with E-state index < -0.39 is 0 Å². The van der Waals surface area contributed by atoms with Gasteiger partial charge in [-0.3, -0.25) is 0 Å². The molecule has 12 rings (SSSR count). The lowest BCUT2D eigenvalue weighted by atomic mass is 9.96. The molecule has 0 atom stereocenters. The van der Waals surface area contributed by atoms with E-state index >= 15 is 0 Å². The fraction of sp³-hybridized carbons (Fsp3) is 0. The van der Waals surface area contributed by atoms with Crippen molar-refractivity contribution in [2.24, 2.45) is 0 Å². The van der Waals surface area contributed by atoms with Gasteiger partial charge in [-0.05, 0) is 53.6 Å². The van der Waals surface area contributed by atoms with E-state index in [1.165, 1.54) is 10.8 Å². The van der Waals surface area contributed by atoms with Crippen molar-refractivity contribution in [1.82, 2.24) is 19.5 Å². The fourth-order valence-electron chi connectivity index (χ4n) is 8.53. The van der Waals surface area contributed by atoms with Crippen molar-refractivity contribution in [2.75, 3.05) is 0 Å². The molecule has 6 heteroatoms. The van der Waals surface area contributed by atoms with E-state index in [0.29, 0.717) is 17.5 Å². The third-order valence-corrected chi connectivity index (χ3v) is 11.1. The molecular weight excluding hydrogens is 701 g/mol. The normalized spacial score (nSPS) is 11.9. The Morgan fingerprint density at radius 3 is 1.56 bits per heavy atom. The molecule has 0 fully saturated rings. The minimum atomic E-state index is 0.580. The van der Waals surface area contributed by atoms with Crippen molar-refractivity contribution in [2.45, 2.75) is 0 Å². The maximum Gasteiger partial charge on any atom is 0.164 e. The summed E-state index contributed by atoms with van der Waals surface area (Å²) in [5.74, 6) is 1.80. The Morgan fingerprint density at radius 2 is 0.895 bits per heavy atom. The van der Waals surface area contributed by atoms with Crippen LogP contribution in [0.5, 0.6) is 0 Å². The average molecular weight is 731 g/mol. The summed E-state index contributed by atoms with van der Waals surface area (Å²) in [5.41, 5.74) is 11.3. The van der Waals surface area contributed by atoms with E-state index in [0.717, 1.165) is 88.4 Å². The Kier molecular flexibility index (Phi) is 6.83. The number of fused-ring (bicyclic) bond motifs is 9. The van der Waals surface area contributed by atoms with Crippen LogP contribution in [0.15, 0.2) is 191 Å². The summed E-state index contributed by atoms with van der Waals surface area (Å²) in [6.45, 7) is 0. The largest absolute Gasteiger partial charge is 0.456 e. The molecule has 8 aromatic carbocycles. The van der Waals surface area contributed by atoms with E-state index in [9.17, 15) is 0 Å². The molecule has 0 radical (unpaired) electrons. The summed E-state index contributed by atoms with van der Waals surface area (Å²) in [7, 11) is 0. The summed E-state index contributed by atoms with van der Waals surface area (Å²) in [5, 5.41) is 6.51. The van der Waals surface area contributed by atoms with Crippen LogP contribution in [0.1, 0.15) is 0 Å². The first-order valence-electron chi connectivity index (χ1n) is 19.0. The summed E-state index contributed by atoms with van der Waals surface area (Å²) in [6.07, 6.45) is 0. The maximum atomic E-state index is 6.88. The van der Waals surface area contributed by atoms with Crippen LogP contribution in [-0.4, -0.2) is 19.5 Å². The molecule has 0 saturated heterocycles. The number of hydrogen-bond donors (Lipinski definition) is 0. The third-order valence-electron chi connectivity index (χ3n) is 11.1. The molecule has 0 unspecified atom stereocenters. The Bertz CT molecular complexity index is 3410. The lowest BCUT2D eigenvalue weighted by molar-refractivity contribution is 0.666. The predicted molar refractivity (Wildman–Crippen MR) is 230 cm³/mol. The highest BCUT2D eigenvalue weighted by Crippen LogP contribution is 2.43. The number of rotatable bonds is 5. The first-order chi connectivity index (χ1) is 28.3. The van der Waals surface area contributed by atoms with Crippen molar-refractivity contribution >= 4 is 65.7 Å². The number of furan rings is 2. The van der Waals surface area contributed by atoms with Crippen molar-refractivity contribution in [1.29, 1.82) is 0 Å². The van der Waals surface area contributed by atoms with E-state index in [2.05, 4.69) is 102 Å². The molecule has 12 aromatic rings. The summed E-state index contributed by atoms with van der Waals surface area (Å²) in [4.78, 5) is 15.1. The van der Waals surface area contributed by atoms with Crippen LogP contribution in [0.25, 0.3) is 117 Å². The van der Waals surface area contributed by atoms with Gasteiger partial charge in [0.25, 0.3) is 0 Å². The van der Waals surface area contributed by atoms with Gasteiger partial charge >= 0.3 is 0 Å². The number of para-hydroxylation sites is 3. The zero-order valence-corrected chi connectivity index (χ0v) is 30.4. The molecule has 6 nitrogen and oxygen atoms in total. The molecule has 57 heavy (non-hydrogen) atoms. The second-order valence-corrected chi connectivity index (χ2v) is 14.3. The highest BCUT2D eigenvalue weighted by atomic mass is 16.3. The van der Waals surface area contributed by atoms with Crippen LogP contribution in [0, 0.1) is 0 Å². The van der Waals surface area contributed by atoms with Crippen LogP contribution < -0.4 is 0 Å². The van der Waals surface area contributed by atoms with Crippen LogP contribution in [0.4, 0.5) is 0 Å². The summed E-state index contributed by atoms with van der Waals surface area (Å²) in [6, 6.07) is 62.5. The van der Waals surface area contributed by atoms with Gasteiger partial charge < -0.3 is 13.4 Å². The molecule has 0 aliphatic rings. The van der Waals surface area contributed by atoms with Crippen LogP contribution in [0.2, 0.25) is 0 Å². The van der Waals surface area contributed by atoms with E-state index in [1.807, 2.05) is 84.9 Å². The fourth-order valence-corrected chi connectivity index (χ4v) is 8.53. The number of aromatic nitrogens is 4. The SMILES string of the molecule is c1ccc(-c2nc(-c3ccccc3)nc(-c3cccc4oc5cccc(-c6ccc7c(c6)oc6c(-n8c9ccccc9c9ccccc98)cccc67)c5c34)n2)cc1. The molecule has 0 aliphatic carbocycles. The number of hydrogen-bond acceptors (Lipinski definition) is 5. The smallest absolute Gasteiger partial charge is 0.164 e. The van der Waals surface area contributed by atoms with Crippen molar-refractivity contribution in [3.05, 3.63) is 182 Å². The number of nitrogens with zero attached hydrogens (tertiary/aromatic N) is 4. The van der Waals surface area contributed by atoms with Crippen molar-refractivity contribution in [3.8, 4) is 51.0 Å². The van der Waals surface area contributed by atoms with Crippen LogP contribution in [-0.2, 0) is 0 Å². The molecular formula is C51H30N4O2. The second-order valence-electron chi connectivity index (χ2n) is 14.3. The van der Waals surface area contributed by atoms with Gasteiger partial charge in [0, 0.05) is 49.0 Å². The Labute approximate surface area is 325 Å². The van der Waals surface area contributed by atoms with Gasteiger partial charge in [0.15, 0.2) is 23.1 Å². The van der Waals surface area contributed by atoms with Gasteiger partial charge in [-0.1, -0.05) is 140 Å². The Morgan fingerprint density at radius 1 is 0.351 bits per heavy atom. The van der Waals surface area contributed by atoms with Gasteiger partial charge in [-0.25, -0.2) is 15.0 Å². The zero-order chi connectivity index (χ0) is 37.5. The highest BCUT2D eigenvalue weighted by molar-refractivity contribution is 6.18. The van der Waals surface area contributed by atoms with Crippen LogP contribution in [0.3, 0.4) is 0 Å². The molecule has 0 aliphatic heterocycles. The van der Waals surface area contributed by atoms with E-state index in [1.54, 1.807) is 0 Å². The Balaban J connectivity index is 1.06. The standard InChI is InChI=1S/C51H30N4O2/c1-3-14-31(15-4-1)49-52-50(32-16-5-2-6-17-32)54-51(53-49)39-22-13-27-44-47(39)46-34(20-12-26-43(46)56-44)33-28-29-37-38-21-11-25-42(48(38)57-45(37)30-33)55-40-23-9-7-18-35(40)36-19-8-10-24-41(36)55/h1-30H. The van der Waals surface area contributed by atoms with Gasteiger partial charge in [0.1, 0.15) is 16.7 Å². The average Bonchev–Trinajstić information content (AvgIpc) is 3.96. The first kappa shape index (κ1) is 31.5. The summed E-state index contributed by atoms with van der Waals surface area (Å²) >= 11 is 0. The van der Waals surface area contributed by atoms with Gasteiger partial charge in [0.2, 0.25) is 0 Å². The number of benzene rings is 8. The monoisotopic (exact) mass is 730 g/mol. The molecule has 4 aromatic heterocycles. The van der Waals surface area contributed by atoms with E-state index in [-0.39, 0.29) is 0 Å². The molecule has 4 heterocycles. The first-order valence-corrected chi connectivity index (χ1v) is 19.0. The highest BCUT2D eigenvalue weighted by Gasteiger charge is 2.22. The third kappa shape index (κ3) is 4.87. The zero-order valence-electron chi connectivity index (χ0n) is 30.4. The maximum absolute atomic E-state index is 6.88. The second kappa shape index (κ2) is 12.3. The Hall–Kier alpha value is -7.83. The van der Waals surface area contributed by atoms with Gasteiger partial charge in [-0.15, -0.1) is 0 Å². The summed E-state index contributed by atoms with van der Waals surface area (Å²) < 4.78 is 15.8. The quantitative estimate of drug-likeness (QED) is 0.176. The molecule has 0 saturated carbocycles. The molecule has 0 spiro atoms. The van der Waals surface area contributed by atoms with Gasteiger partial charge in [0.05, 0.1) is 16.7 Å². The van der Waals surface area contributed by atoms with Gasteiger partial charge in [-0.2, -0.15) is 0 Å². The molecule has 0 amide bonds. The molecule has 266 valence electrons. The predicted octanol–water partition coefficient (Wildman–Crippen LogP) is 13.4. The minimum absolute atomic E-state index is 0.580. The van der Waals surface area contributed by atoms with E-state index in [4.69, 9.17) is 23.8 Å². The minimum Gasteiger partial charge on any atom is -0.456 e. The van der Waals surface area contributed by atoms with Crippen LogP contribution >= 0.6 is 0 Å². The molecule has 0 bridgehead atoms. The topological polar surface area (TPSA) is 69.9 Å².